The molecule has 0 radical (unpaired) electrons. The molecule has 6 heteroatoms. The van der Waals surface area contributed by atoms with Crippen LogP contribution in [-0.2, 0) is 9.59 Å². The summed E-state index contributed by atoms with van der Waals surface area (Å²) in [5, 5.41) is 1.75. The van der Waals surface area contributed by atoms with Crippen LogP contribution in [0.4, 0.5) is 4.79 Å². The lowest BCUT2D eigenvalue weighted by Crippen LogP contribution is -2.17. The third-order valence-corrected chi connectivity index (χ3v) is 2.91. The van der Waals surface area contributed by atoms with E-state index in [0.717, 1.165) is 11.8 Å². The SMILES string of the molecule is CC(=O)Oc1ccccc1C=C1SC(=O)NC1=O. The van der Waals surface area contributed by atoms with Crippen molar-refractivity contribution in [2.24, 2.45) is 0 Å². The van der Waals surface area contributed by atoms with Crippen molar-refractivity contribution in [1.82, 2.24) is 5.32 Å². The molecule has 1 aliphatic rings. The van der Waals surface area contributed by atoms with Gasteiger partial charge in [0.05, 0.1) is 4.91 Å². The van der Waals surface area contributed by atoms with Gasteiger partial charge in [-0.15, -0.1) is 0 Å². The summed E-state index contributed by atoms with van der Waals surface area (Å²) in [6.45, 7) is 1.30. The fraction of sp³-hybridized carbons (Fsp3) is 0.0833. The molecule has 0 aromatic heterocycles. The molecule has 2 amide bonds. The van der Waals surface area contributed by atoms with Gasteiger partial charge in [0.1, 0.15) is 5.75 Å². The lowest BCUT2D eigenvalue weighted by atomic mass is 10.2. The van der Waals surface area contributed by atoms with Crippen LogP contribution in [0, 0.1) is 0 Å². The van der Waals surface area contributed by atoms with E-state index in [1.807, 2.05) is 0 Å². The van der Waals surface area contributed by atoms with E-state index in [2.05, 4.69) is 5.32 Å². The number of benzene rings is 1. The number of rotatable bonds is 2. The van der Waals surface area contributed by atoms with Crippen LogP contribution in [0.2, 0.25) is 0 Å². The molecular weight excluding hydrogens is 254 g/mol. The monoisotopic (exact) mass is 263 g/mol. The number of para-hydroxylation sites is 1. The zero-order valence-corrected chi connectivity index (χ0v) is 10.2. The summed E-state index contributed by atoms with van der Waals surface area (Å²) in [4.78, 5) is 33.6. The van der Waals surface area contributed by atoms with E-state index < -0.39 is 17.1 Å². The number of nitrogens with one attached hydrogen (secondary N) is 1. The molecule has 0 atom stereocenters. The van der Waals surface area contributed by atoms with E-state index in [4.69, 9.17) is 4.74 Å². The summed E-state index contributed by atoms with van der Waals surface area (Å²) in [5.41, 5.74) is 0.569. The average molecular weight is 263 g/mol. The Morgan fingerprint density at radius 1 is 1.33 bits per heavy atom. The summed E-state index contributed by atoms with van der Waals surface area (Å²) >= 11 is 0.817. The Labute approximate surface area is 107 Å². The molecule has 1 heterocycles. The minimum atomic E-state index is -0.444. The van der Waals surface area contributed by atoms with Crippen LogP contribution in [-0.4, -0.2) is 17.1 Å². The standard InChI is InChI=1S/C12H9NO4S/c1-7(14)17-9-5-3-2-4-8(9)6-10-11(15)13-12(16)18-10/h2-6H,1H3,(H,13,15,16). The summed E-state index contributed by atoms with van der Waals surface area (Å²) < 4.78 is 5.01. The highest BCUT2D eigenvalue weighted by molar-refractivity contribution is 8.18. The summed E-state index contributed by atoms with van der Waals surface area (Å²) in [6.07, 6.45) is 1.52. The highest BCUT2D eigenvalue weighted by Crippen LogP contribution is 2.28. The van der Waals surface area contributed by atoms with Gasteiger partial charge in [-0.2, -0.15) is 0 Å². The van der Waals surface area contributed by atoms with E-state index in [9.17, 15) is 14.4 Å². The van der Waals surface area contributed by atoms with Crippen molar-refractivity contribution in [3.8, 4) is 5.75 Å². The van der Waals surface area contributed by atoms with Crippen LogP contribution < -0.4 is 10.1 Å². The number of hydrogen-bond acceptors (Lipinski definition) is 5. The number of ether oxygens (including phenoxy) is 1. The van der Waals surface area contributed by atoms with Crippen LogP contribution in [0.25, 0.3) is 6.08 Å². The number of thioether (sulfide) groups is 1. The molecular formula is C12H9NO4S. The van der Waals surface area contributed by atoms with Crippen molar-refractivity contribution in [3.63, 3.8) is 0 Å². The zero-order valence-electron chi connectivity index (χ0n) is 9.43. The number of carbonyl (C=O) groups is 3. The number of imide groups is 1. The van der Waals surface area contributed by atoms with E-state index >= 15 is 0 Å². The molecule has 1 aromatic carbocycles. The molecule has 1 N–H and O–H groups in total. The number of hydrogen-bond donors (Lipinski definition) is 1. The zero-order chi connectivity index (χ0) is 13.1. The van der Waals surface area contributed by atoms with Gasteiger partial charge < -0.3 is 4.74 Å². The Morgan fingerprint density at radius 2 is 2.06 bits per heavy atom. The number of carbonyl (C=O) groups excluding carboxylic acids is 3. The molecule has 92 valence electrons. The number of esters is 1. The minimum Gasteiger partial charge on any atom is -0.426 e. The Balaban J connectivity index is 2.34. The predicted molar refractivity (Wildman–Crippen MR) is 66.9 cm³/mol. The fourth-order valence-corrected chi connectivity index (χ4v) is 2.08. The van der Waals surface area contributed by atoms with Gasteiger partial charge in [0.25, 0.3) is 11.1 Å². The van der Waals surface area contributed by atoms with Crippen molar-refractivity contribution in [3.05, 3.63) is 34.7 Å². The van der Waals surface area contributed by atoms with Crippen LogP contribution in [0.1, 0.15) is 12.5 Å². The molecule has 0 saturated carbocycles. The molecule has 0 spiro atoms. The Hall–Kier alpha value is -2.08. The maximum atomic E-state index is 11.4. The molecule has 5 nitrogen and oxygen atoms in total. The fourth-order valence-electron chi connectivity index (χ4n) is 1.41. The third kappa shape index (κ3) is 2.78. The lowest BCUT2D eigenvalue weighted by molar-refractivity contribution is -0.131. The molecule has 2 rings (SSSR count). The van der Waals surface area contributed by atoms with Gasteiger partial charge >= 0.3 is 5.97 Å². The number of amides is 2. The maximum absolute atomic E-state index is 11.4. The Kier molecular flexibility index (Phi) is 3.47. The highest BCUT2D eigenvalue weighted by Gasteiger charge is 2.25. The third-order valence-electron chi connectivity index (χ3n) is 2.10. The smallest absolute Gasteiger partial charge is 0.308 e. The van der Waals surface area contributed by atoms with Gasteiger partial charge in [0, 0.05) is 12.5 Å². The Bertz CT molecular complexity index is 565. The van der Waals surface area contributed by atoms with E-state index in [1.54, 1.807) is 24.3 Å². The topological polar surface area (TPSA) is 72.5 Å². The molecule has 0 unspecified atom stereocenters. The van der Waals surface area contributed by atoms with Crippen LogP contribution >= 0.6 is 11.8 Å². The van der Waals surface area contributed by atoms with Gasteiger partial charge in [-0.05, 0) is 23.9 Å². The van der Waals surface area contributed by atoms with Crippen molar-refractivity contribution >= 4 is 35.0 Å². The molecule has 0 aliphatic carbocycles. The predicted octanol–water partition coefficient (Wildman–Crippen LogP) is 1.94. The second kappa shape index (κ2) is 5.05. The van der Waals surface area contributed by atoms with Gasteiger partial charge in [-0.3, -0.25) is 19.7 Å². The van der Waals surface area contributed by atoms with Gasteiger partial charge in [-0.1, -0.05) is 18.2 Å². The normalized spacial score (nSPS) is 16.8. The first-order valence-corrected chi connectivity index (χ1v) is 5.90. The van der Waals surface area contributed by atoms with Gasteiger partial charge in [0.2, 0.25) is 0 Å². The van der Waals surface area contributed by atoms with Crippen molar-refractivity contribution in [1.29, 1.82) is 0 Å². The van der Waals surface area contributed by atoms with Crippen LogP contribution in [0.15, 0.2) is 29.2 Å². The molecule has 1 saturated heterocycles. The van der Waals surface area contributed by atoms with Crippen LogP contribution in [0.5, 0.6) is 5.75 Å². The first-order chi connectivity index (χ1) is 8.56. The largest absolute Gasteiger partial charge is 0.426 e. The molecule has 1 aliphatic heterocycles. The molecule has 1 aromatic rings. The molecule has 18 heavy (non-hydrogen) atoms. The van der Waals surface area contributed by atoms with E-state index in [1.165, 1.54) is 13.0 Å². The van der Waals surface area contributed by atoms with Gasteiger partial charge in [0.15, 0.2) is 0 Å². The van der Waals surface area contributed by atoms with Crippen molar-refractivity contribution in [2.75, 3.05) is 0 Å². The molecule has 0 bridgehead atoms. The Morgan fingerprint density at radius 3 is 2.67 bits per heavy atom. The summed E-state index contributed by atoms with van der Waals surface area (Å²) in [6, 6.07) is 6.78. The second-order valence-corrected chi connectivity index (χ2v) is 4.50. The summed E-state index contributed by atoms with van der Waals surface area (Å²) in [7, 11) is 0. The summed E-state index contributed by atoms with van der Waals surface area (Å²) in [5.74, 6) is -0.534. The molecule has 1 fully saturated rings. The quantitative estimate of drug-likeness (QED) is 0.501. The maximum Gasteiger partial charge on any atom is 0.308 e. The van der Waals surface area contributed by atoms with Crippen molar-refractivity contribution in [2.45, 2.75) is 6.92 Å². The first-order valence-electron chi connectivity index (χ1n) is 5.08. The second-order valence-electron chi connectivity index (χ2n) is 3.48. The van der Waals surface area contributed by atoms with Crippen molar-refractivity contribution < 1.29 is 19.1 Å². The average Bonchev–Trinajstić information content (AvgIpc) is 2.59. The van der Waals surface area contributed by atoms with E-state index in [-0.39, 0.29) is 4.91 Å². The minimum absolute atomic E-state index is 0.277. The van der Waals surface area contributed by atoms with Crippen LogP contribution in [0.3, 0.4) is 0 Å². The first kappa shape index (κ1) is 12.4. The van der Waals surface area contributed by atoms with Gasteiger partial charge in [-0.25, -0.2) is 0 Å². The lowest BCUT2D eigenvalue weighted by Gasteiger charge is -2.05. The van der Waals surface area contributed by atoms with E-state index in [0.29, 0.717) is 11.3 Å². The highest BCUT2D eigenvalue weighted by atomic mass is 32.2.